The second-order valence-corrected chi connectivity index (χ2v) is 17.7. The molecule has 0 spiro atoms. The van der Waals surface area contributed by atoms with Gasteiger partial charge in [0.2, 0.25) is 0 Å². The Balaban J connectivity index is 1.48. The lowest BCUT2D eigenvalue weighted by Crippen LogP contribution is -2.50. The predicted molar refractivity (Wildman–Crippen MR) is 150 cm³/mol. The number of imidazole rings is 1. The number of ether oxygens (including phenoxy) is 1. The molecule has 0 aliphatic carbocycles. The molecule has 218 valence electrons. The van der Waals surface area contributed by atoms with E-state index in [1.165, 1.54) is 6.33 Å². The minimum atomic E-state index is -3.95. The first-order valence-electron chi connectivity index (χ1n) is 13.2. The summed E-state index contributed by atoms with van der Waals surface area (Å²) in [6, 6.07) is 10.7. The second kappa shape index (κ2) is 11.3. The van der Waals surface area contributed by atoms with Crippen LogP contribution in [0.2, 0.25) is 18.1 Å². The molecule has 1 amide bonds. The van der Waals surface area contributed by atoms with E-state index in [9.17, 15) is 9.36 Å². The zero-order valence-corrected chi connectivity index (χ0v) is 25.4. The minimum Gasteiger partial charge on any atom is -0.407 e. The molecule has 1 aromatic carbocycles. The van der Waals surface area contributed by atoms with Crippen LogP contribution in [-0.4, -0.2) is 65.3 Å². The van der Waals surface area contributed by atoms with Crippen molar-refractivity contribution in [2.45, 2.75) is 69.9 Å². The smallest absolute Gasteiger partial charge is 0.407 e. The molecule has 0 saturated carbocycles. The van der Waals surface area contributed by atoms with Gasteiger partial charge in [0.25, 0.3) is 5.91 Å². The monoisotopic (exact) mass is 600 g/mol. The Morgan fingerprint density at radius 2 is 2.00 bits per heavy atom. The number of carbonyl (C=O) groups is 1. The predicted octanol–water partition coefficient (Wildman–Crippen LogP) is 4.82. The van der Waals surface area contributed by atoms with Crippen LogP contribution in [0.15, 0.2) is 43.0 Å². The summed E-state index contributed by atoms with van der Waals surface area (Å²) in [4.78, 5) is 26.0. The molecule has 1 unspecified atom stereocenters. The van der Waals surface area contributed by atoms with Crippen molar-refractivity contribution in [1.82, 2.24) is 19.5 Å². The van der Waals surface area contributed by atoms with Crippen molar-refractivity contribution in [3.63, 3.8) is 0 Å². The largest absolute Gasteiger partial charge is 0.475 e. The Morgan fingerprint density at radius 1 is 1.24 bits per heavy atom. The summed E-state index contributed by atoms with van der Waals surface area (Å²) in [5, 5.41) is 11.5. The molecule has 41 heavy (non-hydrogen) atoms. The molecule has 5 atom stereocenters. The number of anilines is 1. The number of carbonyl (C=O) groups excluding carboxylic acids is 1. The normalized spacial score (nSPS) is 26.4. The highest BCUT2D eigenvalue weighted by atomic mass is 31.2. The summed E-state index contributed by atoms with van der Waals surface area (Å²) in [5.74, 6) is -0.0880. The topological polar surface area (TPSA) is 160 Å². The third-order valence-electron chi connectivity index (χ3n) is 7.53. The van der Waals surface area contributed by atoms with Crippen LogP contribution in [0.1, 0.15) is 43.8 Å². The van der Waals surface area contributed by atoms with Gasteiger partial charge in [-0.2, -0.15) is 5.26 Å². The molecule has 4 heterocycles. The number of benzene rings is 1. The summed E-state index contributed by atoms with van der Waals surface area (Å²) in [6.45, 7) is 10.4. The maximum atomic E-state index is 13.3. The Hall–Kier alpha value is -3.02. The van der Waals surface area contributed by atoms with Crippen LogP contribution in [0.5, 0.6) is 0 Å². The maximum Gasteiger partial charge on any atom is 0.475 e. The first-order valence-corrected chi connectivity index (χ1v) is 17.6. The van der Waals surface area contributed by atoms with Gasteiger partial charge >= 0.3 is 7.82 Å². The van der Waals surface area contributed by atoms with Crippen molar-refractivity contribution < 1.29 is 32.1 Å². The number of amides is 1. The van der Waals surface area contributed by atoms with Crippen LogP contribution < -0.4 is 5.32 Å². The summed E-state index contributed by atoms with van der Waals surface area (Å²) in [7, 11) is -6.37. The van der Waals surface area contributed by atoms with E-state index >= 15 is 0 Å². The van der Waals surface area contributed by atoms with Gasteiger partial charge in [0, 0.05) is 5.56 Å². The molecule has 2 aliphatic heterocycles. The standard InChI is InChI=1S/C26H33N6O7PSi/c1-26(2,3)41(4,5)39-21-20-18(14-36-40(34,38-20)35-13-9-12-27)37-25(21)32-16-30-19-22(28-15-29-23(19)32)31-24(33)17-10-7-6-8-11-17/h6-8,10-11,15-16,18,20-21,25H,9,13-14H2,1-5H3,(H,28,29,31,33)/t18-,20-,21-,25-,40?/m1/s1. The third-order valence-corrected chi connectivity index (χ3v) is 13.5. The van der Waals surface area contributed by atoms with Crippen molar-refractivity contribution in [1.29, 1.82) is 5.26 Å². The molecule has 5 rings (SSSR count). The molecule has 2 aromatic heterocycles. The highest BCUT2D eigenvalue weighted by Gasteiger charge is 2.57. The summed E-state index contributed by atoms with van der Waals surface area (Å²) in [5.41, 5.74) is 1.25. The van der Waals surface area contributed by atoms with Crippen LogP contribution in [0.4, 0.5) is 5.82 Å². The first kappa shape index (κ1) is 29.5. The third kappa shape index (κ3) is 5.98. The lowest BCUT2D eigenvalue weighted by atomic mass is 10.1. The van der Waals surface area contributed by atoms with Gasteiger partial charge in [0.1, 0.15) is 24.6 Å². The van der Waals surface area contributed by atoms with E-state index in [2.05, 4.69) is 54.1 Å². The van der Waals surface area contributed by atoms with E-state index in [0.29, 0.717) is 16.7 Å². The first-order chi connectivity index (χ1) is 19.4. The number of nitrogens with zero attached hydrogens (tertiary/aromatic N) is 5. The van der Waals surface area contributed by atoms with Gasteiger partial charge in [-0.25, -0.2) is 19.5 Å². The molecule has 0 bridgehead atoms. The van der Waals surface area contributed by atoms with Crippen molar-refractivity contribution in [2.24, 2.45) is 0 Å². The van der Waals surface area contributed by atoms with Crippen LogP contribution in [0.25, 0.3) is 11.2 Å². The number of nitriles is 1. The zero-order chi connectivity index (χ0) is 29.4. The van der Waals surface area contributed by atoms with Crippen LogP contribution >= 0.6 is 7.82 Å². The van der Waals surface area contributed by atoms with Crippen molar-refractivity contribution in [3.8, 4) is 6.07 Å². The number of phosphoric acid groups is 1. The van der Waals surface area contributed by atoms with Crippen LogP contribution in [0.3, 0.4) is 0 Å². The molecule has 0 radical (unpaired) electrons. The molecular formula is C26H33N6O7PSi. The highest BCUT2D eigenvalue weighted by molar-refractivity contribution is 7.48. The molecule has 1 N–H and O–H groups in total. The quantitative estimate of drug-likeness (QED) is 0.214. The van der Waals surface area contributed by atoms with Gasteiger partial charge in [-0.15, -0.1) is 0 Å². The Morgan fingerprint density at radius 3 is 2.71 bits per heavy atom. The molecular weight excluding hydrogens is 567 g/mol. The fraction of sp³-hybridized carbons (Fsp3) is 0.500. The molecule has 3 aromatic rings. The minimum absolute atomic E-state index is 0.0394. The lowest BCUT2D eigenvalue weighted by Gasteiger charge is -2.41. The van der Waals surface area contributed by atoms with E-state index in [-0.39, 0.29) is 36.4 Å². The number of hydrogen-bond donors (Lipinski definition) is 1. The van der Waals surface area contributed by atoms with Crippen LogP contribution in [-0.2, 0) is 27.3 Å². The summed E-state index contributed by atoms with van der Waals surface area (Å²) < 4.78 is 45.0. The average molecular weight is 601 g/mol. The maximum absolute atomic E-state index is 13.3. The second-order valence-electron chi connectivity index (χ2n) is 11.3. The summed E-state index contributed by atoms with van der Waals surface area (Å²) in [6.07, 6.45) is 0.0332. The average Bonchev–Trinajstić information content (AvgIpc) is 3.50. The van der Waals surface area contributed by atoms with Gasteiger partial charge in [-0.3, -0.25) is 22.9 Å². The number of aromatic nitrogens is 4. The van der Waals surface area contributed by atoms with Crippen molar-refractivity contribution in [3.05, 3.63) is 48.5 Å². The van der Waals surface area contributed by atoms with Gasteiger partial charge in [0.15, 0.2) is 31.5 Å². The van der Waals surface area contributed by atoms with E-state index in [0.717, 1.165) is 0 Å². The number of phosphoric ester groups is 1. The number of hydrogen-bond acceptors (Lipinski definition) is 11. The van der Waals surface area contributed by atoms with Gasteiger partial charge in [0.05, 0.1) is 32.0 Å². The van der Waals surface area contributed by atoms with Gasteiger partial charge in [-0.1, -0.05) is 39.0 Å². The van der Waals surface area contributed by atoms with E-state index in [4.69, 9.17) is 28.0 Å². The van der Waals surface area contributed by atoms with Crippen molar-refractivity contribution in [2.75, 3.05) is 18.5 Å². The molecule has 2 aliphatic rings. The highest BCUT2D eigenvalue weighted by Crippen LogP contribution is 2.58. The SMILES string of the molecule is CC(C)(C)[Si](C)(C)O[C@@H]1[C@@H]2OP(=O)(OCCC#N)OC[C@H]2O[C@H]1n1cnc2c(NC(=O)c3ccccc3)ncnc21. The van der Waals surface area contributed by atoms with Gasteiger partial charge in [-0.05, 0) is 30.3 Å². The van der Waals surface area contributed by atoms with E-state index in [1.807, 2.05) is 12.1 Å². The number of rotatable bonds is 8. The van der Waals surface area contributed by atoms with Crippen molar-refractivity contribution >= 4 is 39.0 Å². The Bertz CT molecular complexity index is 1510. The summed E-state index contributed by atoms with van der Waals surface area (Å²) >= 11 is 0. The molecule has 13 nitrogen and oxygen atoms in total. The number of nitrogens with one attached hydrogen (secondary N) is 1. The van der Waals surface area contributed by atoms with E-state index < -0.39 is 40.7 Å². The van der Waals surface area contributed by atoms with E-state index in [1.54, 1.807) is 35.2 Å². The fourth-order valence-electron chi connectivity index (χ4n) is 4.35. The zero-order valence-electron chi connectivity index (χ0n) is 23.5. The lowest BCUT2D eigenvalue weighted by molar-refractivity contribution is -0.0704. The van der Waals surface area contributed by atoms with Gasteiger partial charge < -0.3 is 14.5 Å². The van der Waals surface area contributed by atoms with Crippen LogP contribution in [0, 0.1) is 11.3 Å². The molecule has 15 heteroatoms. The molecule has 2 fully saturated rings. The Labute approximate surface area is 238 Å². The molecule has 2 saturated heterocycles. The number of fused-ring (bicyclic) bond motifs is 2. The Kier molecular flexibility index (Phi) is 8.15. The fourth-order valence-corrected chi connectivity index (χ4v) is 7.03.